The van der Waals surface area contributed by atoms with Crippen molar-refractivity contribution in [3.63, 3.8) is 0 Å². The summed E-state index contributed by atoms with van der Waals surface area (Å²) in [6, 6.07) is 12.5. The van der Waals surface area contributed by atoms with Crippen molar-refractivity contribution in [1.82, 2.24) is 0 Å². The molecule has 0 heterocycles. The zero-order valence-corrected chi connectivity index (χ0v) is 15.6. The number of carbonyl (C=O) groups excluding carboxylic acids is 1. The van der Waals surface area contributed by atoms with Crippen LogP contribution in [0.2, 0.25) is 0 Å². The minimum absolute atomic E-state index is 0.131. The van der Waals surface area contributed by atoms with Gasteiger partial charge < -0.3 is 5.32 Å². The molecular formula is C18H15Br2NO2. The Balaban J connectivity index is 2.37. The molecule has 2 rings (SSSR count). The number of allylic oxidation sites excluding steroid dienone is 1. The highest BCUT2D eigenvalue weighted by atomic mass is 79.9. The molecule has 0 bridgehead atoms. The quantitative estimate of drug-likeness (QED) is 0.535. The molecule has 0 aliphatic rings. The summed E-state index contributed by atoms with van der Waals surface area (Å²) in [7, 11) is 0. The molecule has 23 heavy (non-hydrogen) atoms. The number of nitrogens with one attached hydrogen (secondary N) is 1. The van der Waals surface area contributed by atoms with Gasteiger partial charge in [-0.2, -0.15) is 0 Å². The predicted octanol–water partition coefficient (Wildman–Crippen LogP) is 4.90. The van der Waals surface area contributed by atoms with Crippen LogP contribution >= 0.6 is 31.9 Å². The van der Waals surface area contributed by atoms with E-state index in [1.165, 1.54) is 6.08 Å². The van der Waals surface area contributed by atoms with E-state index in [1.807, 2.05) is 31.2 Å². The van der Waals surface area contributed by atoms with Crippen LogP contribution < -0.4 is 10.7 Å². The van der Waals surface area contributed by atoms with Crippen molar-refractivity contribution in [1.29, 1.82) is 0 Å². The molecule has 0 saturated heterocycles. The van der Waals surface area contributed by atoms with Crippen molar-refractivity contribution >= 4 is 49.4 Å². The first-order chi connectivity index (χ1) is 11.0. The predicted molar refractivity (Wildman–Crippen MR) is 102 cm³/mol. The van der Waals surface area contributed by atoms with Gasteiger partial charge in [-0.3, -0.25) is 9.59 Å². The summed E-state index contributed by atoms with van der Waals surface area (Å²) in [5.41, 5.74) is 1.13. The molecule has 0 saturated carbocycles. The molecule has 5 heteroatoms. The number of benzene rings is 1. The molecule has 2 aromatic carbocycles. The lowest BCUT2D eigenvalue weighted by Gasteiger charge is -1.99. The molecule has 0 aliphatic carbocycles. The molecule has 0 atom stereocenters. The maximum atomic E-state index is 12.5. The molecule has 0 aliphatic heterocycles. The molecule has 2 aromatic rings. The maximum Gasteiger partial charge on any atom is 0.212 e. The Morgan fingerprint density at radius 1 is 1.09 bits per heavy atom. The molecule has 0 amide bonds. The second-order valence-electron chi connectivity index (χ2n) is 4.80. The first kappa shape index (κ1) is 17.6. The Kier molecular flexibility index (Phi) is 6.30. The zero-order chi connectivity index (χ0) is 16.8. The monoisotopic (exact) mass is 435 g/mol. The first-order valence-electron chi connectivity index (χ1n) is 7.07. The van der Waals surface area contributed by atoms with Gasteiger partial charge in [-0.1, -0.05) is 50.1 Å². The normalized spacial score (nSPS) is 10.7. The average Bonchev–Trinajstić information content (AvgIpc) is 2.68. The smallest absolute Gasteiger partial charge is 0.212 e. The van der Waals surface area contributed by atoms with Gasteiger partial charge in [0.05, 0.1) is 11.3 Å². The largest absolute Gasteiger partial charge is 0.382 e. The van der Waals surface area contributed by atoms with E-state index in [0.717, 1.165) is 10.0 Å². The number of rotatable bonds is 5. The highest BCUT2D eigenvalue weighted by Gasteiger charge is 2.10. The van der Waals surface area contributed by atoms with Crippen LogP contribution in [0, 0.1) is 0 Å². The van der Waals surface area contributed by atoms with Crippen molar-refractivity contribution in [2.45, 2.75) is 6.92 Å². The van der Waals surface area contributed by atoms with E-state index in [4.69, 9.17) is 0 Å². The maximum absolute atomic E-state index is 12.5. The lowest BCUT2D eigenvalue weighted by Crippen LogP contribution is -2.15. The number of ketones is 1. The molecule has 1 N–H and O–H groups in total. The number of halogens is 2. The second-order valence-corrected chi connectivity index (χ2v) is 6.63. The Bertz CT molecular complexity index is 799. The van der Waals surface area contributed by atoms with Gasteiger partial charge in [0, 0.05) is 15.5 Å². The molecular weight excluding hydrogens is 422 g/mol. The molecule has 0 spiro atoms. The zero-order valence-electron chi connectivity index (χ0n) is 12.5. The molecule has 0 aromatic heterocycles. The van der Waals surface area contributed by atoms with E-state index in [0.29, 0.717) is 16.7 Å². The van der Waals surface area contributed by atoms with Crippen LogP contribution in [-0.4, -0.2) is 12.3 Å². The van der Waals surface area contributed by atoms with Gasteiger partial charge in [-0.05, 0) is 48.9 Å². The summed E-state index contributed by atoms with van der Waals surface area (Å²) in [6.45, 7) is 2.51. The van der Waals surface area contributed by atoms with E-state index < -0.39 is 0 Å². The highest BCUT2D eigenvalue weighted by Crippen LogP contribution is 2.14. The van der Waals surface area contributed by atoms with Gasteiger partial charge in [-0.25, -0.2) is 0 Å². The van der Waals surface area contributed by atoms with Crippen molar-refractivity contribution in [2.75, 3.05) is 11.9 Å². The van der Waals surface area contributed by atoms with E-state index in [9.17, 15) is 9.59 Å². The van der Waals surface area contributed by atoms with E-state index >= 15 is 0 Å². The minimum Gasteiger partial charge on any atom is -0.382 e. The van der Waals surface area contributed by atoms with E-state index in [1.54, 1.807) is 24.3 Å². The Morgan fingerprint density at radius 3 is 2.39 bits per heavy atom. The minimum atomic E-state index is -0.325. The van der Waals surface area contributed by atoms with Crippen LogP contribution in [0.1, 0.15) is 22.8 Å². The lowest BCUT2D eigenvalue weighted by atomic mass is 10.1. The van der Waals surface area contributed by atoms with Gasteiger partial charge in [0.2, 0.25) is 5.43 Å². The molecule has 0 radical (unpaired) electrons. The number of hydrogen-bond donors (Lipinski definition) is 1. The number of anilines is 1. The van der Waals surface area contributed by atoms with Gasteiger partial charge in [-0.15, -0.1) is 0 Å². The summed E-state index contributed by atoms with van der Waals surface area (Å²) in [6.07, 6.45) is 3.12. The Hall–Kier alpha value is -1.72. The van der Waals surface area contributed by atoms with E-state index in [2.05, 4.69) is 37.2 Å². The number of hydrogen-bond acceptors (Lipinski definition) is 3. The summed E-state index contributed by atoms with van der Waals surface area (Å²) in [5, 5.41) is 2.98. The fourth-order valence-electron chi connectivity index (χ4n) is 1.98. The summed E-state index contributed by atoms with van der Waals surface area (Å²) >= 11 is 6.70. The lowest BCUT2D eigenvalue weighted by molar-refractivity contribution is 0.104. The highest BCUT2D eigenvalue weighted by molar-refractivity contribution is 9.10. The van der Waals surface area contributed by atoms with Crippen LogP contribution in [-0.2, 0) is 0 Å². The average molecular weight is 437 g/mol. The number of carbonyl (C=O) groups is 1. The van der Waals surface area contributed by atoms with Crippen LogP contribution in [0.4, 0.5) is 5.69 Å². The van der Waals surface area contributed by atoms with E-state index in [-0.39, 0.29) is 16.8 Å². The summed E-state index contributed by atoms with van der Waals surface area (Å²) in [4.78, 5) is 24.9. The van der Waals surface area contributed by atoms with Crippen LogP contribution in [0.5, 0.6) is 0 Å². The molecule has 0 unspecified atom stereocenters. The molecule has 0 fully saturated rings. The third-order valence-electron chi connectivity index (χ3n) is 3.11. The third-order valence-corrected chi connectivity index (χ3v) is 4.13. The van der Waals surface area contributed by atoms with Crippen molar-refractivity contribution in [2.24, 2.45) is 0 Å². The van der Waals surface area contributed by atoms with Gasteiger partial charge >= 0.3 is 0 Å². The Morgan fingerprint density at radius 2 is 1.74 bits per heavy atom. The van der Waals surface area contributed by atoms with Crippen molar-refractivity contribution in [3.05, 3.63) is 78.8 Å². The van der Waals surface area contributed by atoms with Crippen LogP contribution in [0.25, 0.3) is 6.08 Å². The molecule has 118 valence electrons. The Labute approximate surface area is 151 Å². The third kappa shape index (κ3) is 4.88. The van der Waals surface area contributed by atoms with Gasteiger partial charge in [0.25, 0.3) is 0 Å². The summed E-state index contributed by atoms with van der Waals surface area (Å²) < 4.78 is 1.65. The fraction of sp³-hybridized carbons (Fsp3) is 0.111. The topological polar surface area (TPSA) is 46.2 Å². The van der Waals surface area contributed by atoms with Crippen LogP contribution in [0.3, 0.4) is 0 Å². The second kappa shape index (κ2) is 8.22. The van der Waals surface area contributed by atoms with Crippen molar-refractivity contribution in [3.8, 4) is 0 Å². The van der Waals surface area contributed by atoms with Crippen molar-refractivity contribution < 1.29 is 4.79 Å². The SMILES string of the molecule is CCNc1ccc(Br)cc(C(=O)/C=C/c2ccc(Br)cc2)c1=O. The van der Waals surface area contributed by atoms with Crippen LogP contribution in [0.15, 0.2) is 62.3 Å². The summed E-state index contributed by atoms with van der Waals surface area (Å²) in [5.74, 6) is -0.325. The van der Waals surface area contributed by atoms with Gasteiger partial charge in [0.15, 0.2) is 5.78 Å². The fourth-order valence-corrected chi connectivity index (χ4v) is 2.61. The first-order valence-corrected chi connectivity index (χ1v) is 8.65. The van der Waals surface area contributed by atoms with Gasteiger partial charge in [0.1, 0.15) is 0 Å². The standard InChI is InChI=1S/C18H15Br2NO2/c1-2-21-16-9-8-14(20)11-15(18(16)23)17(22)10-5-12-3-6-13(19)7-4-12/h3-11H,2H2,1H3,(H,21,23)/b10-5+. The molecule has 3 nitrogen and oxygen atoms in total.